The van der Waals surface area contributed by atoms with Crippen LogP contribution in [0.5, 0.6) is 5.75 Å². The van der Waals surface area contributed by atoms with Crippen LogP contribution < -0.4 is 4.74 Å². The Bertz CT molecular complexity index is 276. The summed E-state index contributed by atoms with van der Waals surface area (Å²) in [6.45, 7) is 0.666. The Kier molecular flexibility index (Phi) is 2.58. The molecule has 66 valence electrons. The lowest BCUT2D eigenvalue weighted by molar-refractivity contribution is -0.0503. The second kappa shape index (κ2) is 3.47. The van der Waals surface area contributed by atoms with Crippen LogP contribution >= 0.6 is 0 Å². The lowest BCUT2D eigenvalue weighted by Gasteiger charge is -2.08. The van der Waals surface area contributed by atoms with E-state index in [9.17, 15) is 8.78 Å². The predicted molar refractivity (Wildman–Crippen MR) is 40.3 cm³/mol. The van der Waals surface area contributed by atoms with Gasteiger partial charge in [0.25, 0.3) is 0 Å². The Hall–Kier alpha value is -1.19. The predicted octanol–water partition coefficient (Wildman–Crippen LogP) is 2.30. The summed E-state index contributed by atoms with van der Waals surface area (Å²) in [4.78, 5) is 3.92. The number of halogens is 2. The number of hydrogen-bond acceptors (Lipinski definition) is 2. The maximum Gasteiger partial charge on any atom is 0.387 e. The number of alkyl halides is 2. The first-order valence-electron chi connectivity index (χ1n) is 3.48. The van der Waals surface area contributed by atoms with E-state index in [-0.39, 0.29) is 5.75 Å². The molecule has 0 fully saturated rings. The van der Waals surface area contributed by atoms with Crippen LogP contribution in [0, 0.1) is 13.8 Å². The minimum Gasteiger partial charge on any atom is -0.434 e. The first kappa shape index (κ1) is 8.90. The van der Waals surface area contributed by atoms with Gasteiger partial charge in [0.2, 0.25) is 0 Å². The number of rotatable bonds is 2. The normalized spacial score (nSPS) is 10.4. The van der Waals surface area contributed by atoms with E-state index in [1.807, 2.05) is 0 Å². The van der Waals surface area contributed by atoms with Gasteiger partial charge in [0.15, 0.2) is 0 Å². The van der Waals surface area contributed by atoms with Gasteiger partial charge >= 0.3 is 6.61 Å². The van der Waals surface area contributed by atoms with Crippen molar-refractivity contribution in [2.45, 2.75) is 20.5 Å². The summed E-state index contributed by atoms with van der Waals surface area (Å²) in [5, 5.41) is 0. The monoisotopic (exact) mass is 173 g/mol. The highest BCUT2D eigenvalue weighted by Crippen LogP contribution is 2.20. The van der Waals surface area contributed by atoms with Crippen molar-refractivity contribution in [3.05, 3.63) is 23.5 Å². The molecule has 0 bridgehead atoms. The lowest BCUT2D eigenvalue weighted by atomic mass is 10.2. The standard InChI is InChI=1S/C8H9F2NO/c1-5-6(2)11-4-3-7(5)12-8(9)10/h3-4,8H,1-2H3. The summed E-state index contributed by atoms with van der Waals surface area (Å²) < 4.78 is 27.8. The molecule has 0 N–H and O–H groups in total. The molecule has 0 aromatic carbocycles. The molecule has 0 aliphatic carbocycles. The van der Waals surface area contributed by atoms with Crippen LogP contribution in [0.25, 0.3) is 0 Å². The topological polar surface area (TPSA) is 22.1 Å². The fourth-order valence-electron chi connectivity index (χ4n) is 0.841. The van der Waals surface area contributed by atoms with E-state index >= 15 is 0 Å². The first-order chi connectivity index (χ1) is 5.61. The summed E-state index contributed by atoms with van der Waals surface area (Å²) in [6, 6.07) is 1.43. The number of aryl methyl sites for hydroxylation is 1. The van der Waals surface area contributed by atoms with Crippen molar-refractivity contribution in [2.24, 2.45) is 0 Å². The van der Waals surface area contributed by atoms with E-state index < -0.39 is 6.61 Å². The fraction of sp³-hybridized carbons (Fsp3) is 0.375. The Morgan fingerprint density at radius 1 is 1.42 bits per heavy atom. The Morgan fingerprint density at radius 3 is 2.67 bits per heavy atom. The molecule has 0 saturated carbocycles. The zero-order valence-corrected chi connectivity index (χ0v) is 6.84. The molecule has 1 heterocycles. The van der Waals surface area contributed by atoms with E-state index in [2.05, 4.69) is 9.72 Å². The van der Waals surface area contributed by atoms with Gasteiger partial charge in [-0.2, -0.15) is 8.78 Å². The van der Waals surface area contributed by atoms with Crippen LogP contribution in [0.2, 0.25) is 0 Å². The number of pyridine rings is 1. The Morgan fingerprint density at radius 2 is 2.08 bits per heavy atom. The van der Waals surface area contributed by atoms with Crippen LogP contribution in [-0.4, -0.2) is 11.6 Å². The largest absolute Gasteiger partial charge is 0.434 e. The van der Waals surface area contributed by atoms with Crippen LogP contribution in [0.3, 0.4) is 0 Å². The lowest BCUT2D eigenvalue weighted by Crippen LogP contribution is -2.04. The molecule has 0 unspecified atom stereocenters. The molecule has 1 rings (SSSR count). The molecule has 4 heteroatoms. The molecule has 0 saturated heterocycles. The molecule has 2 nitrogen and oxygen atoms in total. The molecule has 0 spiro atoms. The first-order valence-corrected chi connectivity index (χ1v) is 3.48. The number of aromatic nitrogens is 1. The molecule has 0 aliphatic heterocycles. The fourth-order valence-corrected chi connectivity index (χ4v) is 0.841. The van der Waals surface area contributed by atoms with Gasteiger partial charge in [0, 0.05) is 17.5 Å². The van der Waals surface area contributed by atoms with E-state index in [1.54, 1.807) is 13.8 Å². The zero-order valence-electron chi connectivity index (χ0n) is 6.84. The minimum atomic E-state index is -2.77. The molecule has 0 radical (unpaired) electrons. The van der Waals surface area contributed by atoms with Crippen molar-refractivity contribution in [2.75, 3.05) is 0 Å². The highest BCUT2D eigenvalue weighted by molar-refractivity contribution is 5.33. The number of ether oxygens (including phenoxy) is 1. The van der Waals surface area contributed by atoms with E-state index in [0.717, 1.165) is 0 Å². The summed E-state index contributed by atoms with van der Waals surface area (Å²) in [7, 11) is 0. The Labute approximate surface area is 69.2 Å². The highest BCUT2D eigenvalue weighted by Gasteiger charge is 2.07. The van der Waals surface area contributed by atoms with Gasteiger partial charge in [0.05, 0.1) is 0 Å². The van der Waals surface area contributed by atoms with Crippen molar-refractivity contribution in [1.29, 1.82) is 0 Å². The average Bonchev–Trinajstić information content (AvgIpc) is 1.98. The van der Waals surface area contributed by atoms with Crippen molar-refractivity contribution < 1.29 is 13.5 Å². The third-order valence-electron chi connectivity index (χ3n) is 1.62. The molecule has 0 atom stereocenters. The molecule has 12 heavy (non-hydrogen) atoms. The number of nitrogens with zero attached hydrogens (tertiary/aromatic N) is 1. The average molecular weight is 173 g/mol. The summed E-state index contributed by atoms with van der Waals surface area (Å²) in [6.07, 6.45) is 1.44. The minimum absolute atomic E-state index is 0.192. The van der Waals surface area contributed by atoms with Gasteiger partial charge in [-0.3, -0.25) is 4.98 Å². The summed E-state index contributed by atoms with van der Waals surface area (Å²) in [5.41, 5.74) is 1.35. The van der Waals surface area contributed by atoms with E-state index in [1.165, 1.54) is 12.3 Å². The van der Waals surface area contributed by atoms with E-state index in [4.69, 9.17) is 0 Å². The second-order valence-corrected chi connectivity index (χ2v) is 2.40. The van der Waals surface area contributed by atoms with E-state index in [0.29, 0.717) is 11.3 Å². The van der Waals surface area contributed by atoms with Crippen LogP contribution in [0.4, 0.5) is 8.78 Å². The van der Waals surface area contributed by atoms with Gasteiger partial charge in [0.1, 0.15) is 5.75 Å². The van der Waals surface area contributed by atoms with Crippen LogP contribution in [-0.2, 0) is 0 Å². The van der Waals surface area contributed by atoms with Crippen molar-refractivity contribution in [3.8, 4) is 5.75 Å². The number of hydrogen-bond donors (Lipinski definition) is 0. The van der Waals surface area contributed by atoms with Gasteiger partial charge in [-0.05, 0) is 19.9 Å². The highest BCUT2D eigenvalue weighted by atomic mass is 19.3. The molecule has 1 aromatic rings. The third-order valence-corrected chi connectivity index (χ3v) is 1.62. The van der Waals surface area contributed by atoms with Crippen LogP contribution in [0.1, 0.15) is 11.3 Å². The molecule has 0 amide bonds. The maximum absolute atomic E-state index is 11.8. The maximum atomic E-state index is 11.8. The quantitative estimate of drug-likeness (QED) is 0.684. The van der Waals surface area contributed by atoms with Gasteiger partial charge in [-0.15, -0.1) is 0 Å². The summed E-state index contributed by atoms with van der Waals surface area (Å²) >= 11 is 0. The molecule has 1 aromatic heterocycles. The van der Waals surface area contributed by atoms with Crippen molar-refractivity contribution >= 4 is 0 Å². The molecule has 0 aliphatic rings. The SMILES string of the molecule is Cc1nccc(OC(F)F)c1C. The smallest absolute Gasteiger partial charge is 0.387 e. The Balaban J connectivity index is 2.92. The van der Waals surface area contributed by atoms with Gasteiger partial charge < -0.3 is 4.74 Å². The molecular formula is C8H9F2NO. The van der Waals surface area contributed by atoms with Gasteiger partial charge in [-0.25, -0.2) is 0 Å². The molecular weight excluding hydrogens is 164 g/mol. The van der Waals surface area contributed by atoms with Crippen molar-refractivity contribution in [3.63, 3.8) is 0 Å². The zero-order chi connectivity index (χ0) is 9.14. The van der Waals surface area contributed by atoms with Crippen molar-refractivity contribution in [1.82, 2.24) is 4.98 Å². The third kappa shape index (κ3) is 1.90. The second-order valence-electron chi connectivity index (χ2n) is 2.40. The summed E-state index contributed by atoms with van der Waals surface area (Å²) in [5.74, 6) is 0.192. The van der Waals surface area contributed by atoms with Gasteiger partial charge in [-0.1, -0.05) is 0 Å². The van der Waals surface area contributed by atoms with Crippen LogP contribution in [0.15, 0.2) is 12.3 Å².